The van der Waals surface area contributed by atoms with E-state index in [1.807, 2.05) is 19.9 Å². The van der Waals surface area contributed by atoms with Crippen molar-refractivity contribution in [2.45, 2.75) is 32.9 Å². The van der Waals surface area contributed by atoms with Gasteiger partial charge in [-0.05, 0) is 24.1 Å². The number of nitrogens with zero attached hydrogens (tertiary/aromatic N) is 2. The summed E-state index contributed by atoms with van der Waals surface area (Å²) in [6.07, 6.45) is 0. The van der Waals surface area contributed by atoms with Crippen molar-refractivity contribution < 1.29 is 9.53 Å². The molecule has 0 spiro atoms. The topological polar surface area (TPSA) is 91.1 Å². The van der Waals surface area contributed by atoms with Crippen molar-refractivity contribution >= 4 is 5.91 Å². The molecule has 0 radical (unpaired) electrons. The first-order valence-electron chi connectivity index (χ1n) is 7.43. The summed E-state index contributed by atoms with van der Waals surface area (Å²) in [6, 6.07) is 5.19. The van der Waals surface area contributed by atoms with E-state index in [4.69, 9.17) is 4.74 Å². The number of ether oxygens (including phenoxy) is 1. The van der Waals surface area contributed by atoms with Crippen molar-refractivity contribution in [3.8, 4) is 0 Å². The smallest absolute Gasteiger partial charge is 0.261 e. The van der Waals surface area contributed by atoms with Gasteiger partial charge >= 0.3 is 0 Å². The van der Waals surface area contributed by atoms with Crippen LogP contribution in [0.4, 0.5) is 0 Å². The molecule has 0 unspecified atom stereocenters. The molecule has 0 aliphatic rings. The van der Waals surface area contributed by atoms with Gasteiger partial charge in [-0.2, -0.15) is 5.10 Å². The molecule has 0 aliphatic carbocycles. The van der Waals surface area contributed by atoms with Crippen LogP contribution in [0, 0.1) is 0 Å². The van der Waals surface area contributed by atoms with Gasteiger partial charge in [-0.25, -0.2) is 0 Å². The van der Waals surface area contributed by atoms with Crippen molar-refractivity contribution in [3.63, 3.8) is 0 Å². The predicted octanol–water partition coefficient (Wildman–Crippen LogP) is 1.64. The lowest BCUT2D eigenvalue weighted by atomic mass is 10.1. The van der Waals surface area contributed by atoms with Gasteiger partial charge in [-0.3, -0.25) is 14.7 Å². The van der Waals surface area contributed by atoms with Gasteiger partial charge in [0.05, 0.1) is 24.5 Å². The molecule has 0 aromatic carbocycles. The van der Waals surface area contributed by atoms with Crippen LogP contribution < -0.4 is 5.56 Å². The Labute approximate surface area is 134 Å². The number of methoxy groups -OCH3 is 1. The lowest BCUT2D eigenvalue weighted by molar-refractivity contribution is 0.0781. The first kappa shape index (κ1) is 17.0. The van der Waals surface area contributed by atoms with E-state index in [1.54, 1.807) is 26.3 Å². The predicted molar refractivity (Wildman–Crippen MR) is 86.2 cm³/mol. The van der Waals surface area contributed by atoms with E-state index in [2.05, 4.69) is 15.2 Å². The highest BCUT2D eigenvalue weighted by Crippen LogP contribution is 2.11. The number of hydrogen-bond acceptors (Lipinski definition) is 4. The Balaban J connectivity index is 2.11. The van der Waals surface area contributed by atoms with Crippen molar-refractivity contribution in [2.24, 2.45) is 0 Å². The van der Waals surface area contributed by atoms with Gasteiger partial charge in [0.15, 0.2) is 0 Å². The van der Waals surface area contributed by atoms with Crippen LogP contribution in [0.3, 0.4) is 0 Å². The number of amides is 1. The second-order valence-corrected chi connectivity index (χ2v) is 5.79. The van der Waals surface area contributed by atoms with Crippen LogP contribution in [0.15, 0.2) is 23.0 Å². The number of nitrogens with one attached hydrogen (secondary N) is 2. The van der Waals surface area contributed by atoms with Gasteiger partial charge in [-0.15, -0.1) is 0 Å². The normalized spacial score (nSPS) is 11.0. The van der Waals surface area contributed by atoms with Crippen LogP contribution in [-0.4, -0.2) is 40.1 Å². The Morgan fingerprint density at radius 2 is 2.13 bits per heavy atom. The van der Waals surface area contributed by atoms with E-state index in [0.29, 0.717) is 13.2 Å². The molecule has 7 nitrogen and oxygen atoms in total. The molecule has 2 heterocycles. The standard InChI is InChI=1S/C16H22N4O3/c1-10(2)14-6-5-13(15(21)17-14)16(22)20(3)8-11-7-12(9-23-4)19-18-11/h5-7,10H,8-9H2,1-4H3,(H,17,21)(H,18,19). The fourth-order valence-electron chi connectivity index (χ4n) is 2.24. The Hall–Kier alpha value is -2.41. The van der Waals surface area contributed by atoms with Crippen LogP contribution in [0.2, 0.25) is 0 Å². The number of pyridine rings is 1. The fraction of sp³-hybridized carbons (Fsp3) is 0.438. The monoisotopic (exact) mass is 318 g/mol. The highest BCUT2D eigenvalue weighted by molar-refractivity contribution is 5.93. The van der Waals surface area contributed by atoms with Crippen LogP contribution in [0.5, 0.6) is 0 Å². The zero-order chi connectivity index (χ0) is 17.0. The second-order valence-electron chi connectivity index (χ2n) is 5.79. The number of carbonyl (C=O) groups excluding carboxylic acids is 1. The second kappa shape index (κ2) is 7.23. The average molecular weight is 318 g/mol. The van der Waals surface area contributed by atoms with Crippen LogP contribution in [-0.2, 0) is 17.9 Å². The molecule has 0 saturated heterocycles. The molecule has 0 fully saturated rings. The molecule has 2 aromatic rings. The zero-order valence-electron chi connectivity index (χ0n) is 13.8. The fourth-order valence-corrected chi connectivity index (χ4v) is 2.24. The largest absolute Gasteiger partial charge is 0.378 e. The average Bonchev–Trinajstić information content (AvgIpc) is 2.94. The van der Waals surface area contributed by atoms with E-state index in [0.717, 1.165) is 17.1 Å². The molecule has 0 saturated carbocycles. The van der Waals surface area contributed by atoms with Gasteiger partial charge in [0.1, 0.15) is 5.56 Å². The summed E-state index contributed by atoms with van der Waals surface area (Å²) in [4.78, 5) is 28.8. The molecule has 2 aromatic heterocycles. The van der Waals surface area contributed by atoms with Gasteiger partial charge in [0.25, 0.3) is 11.5 Å². The summed E-state index contributed by atoms with van der Waals surface area (Å²) in [6.45, 7) is 4.70. The summed E-state index contributed by atoms with van der Waals surface area (Å²) < 4.78 is 5.00. The molecule has 2 rings (SSSR count). The van der Waals surface area contributed by atoms with Crippen molar-refractivity contribution in [3.05, 3.63) is 51.2 Å². The Bertz CT molecular complexity index is 733. The first-order valence-corrected chi connectivity index (χ1v) is 7.43. The summed E-state index contributed by atoms with van der Waals surface area (Å²) in [7, 11) is 3.24. The van der Waals surface area contributed by atoms with E-state index >= 15 is 0 Å². The quantitative estimate of drug-likeness (QED) is 0.847. The van der Waals surface area contributed by atoms with Crippen LogP contribution in [0.25, 0.3) is 0 Å². The maximum atomic E-state index is 12.4. The minimum absolute atomic E-state index is 0.133. The summed E-state index contributed by atoms with van der Waals surface area (Å²) in [5, 5.41) is 6.94. The van der Waals surface area contributed by atoms with Gasteiger partial charge in [0, 0.05) is 19.9 Å². The van der Waals surface area contributed by atoms with E-state index in [9.17, 15) is 9.59 Å². The Morgan fingerprint density at radius 1 is 1.39 bits per heavy atom. The number of rotatable bonds is 6. The molecule has 7 heteroatoms. The summed E-state index contributed by atoms with van der Waals surface area (Å²) in [5.74, 6) is -0.127. The molecule has 0 bridgehead atoms. The SMILES string of the molecule is COCc1cc(CN(C)C(=O)c2ccc(C(C)C)[nH]c2=O)[nH]n1. The van der Waals surface area contributed by atoms with Crippen molar-refractivity contribution in [1.82, 2.24) is 20.1 Å². The Kier molecular flexibility index (Phi) is 5.33. The third-order valence-electron chi connectivity index (χ3n) is 3.51. The lowest BCUT2D eigenvalue weighted by Gasteiger charge is -2.16. The summed E-state index contributed by atoms with van der Waals surface area (Å²) >= 11 is 0. The van der Waals surface area contributed by atoms with Crippen molar-refractivity contribution in [2.75, 3.05) is 14.2 Å². The molecule has 23 heavy (non-hydrogen) atoms. The number of carbonyl (C=O) groups is 1. The third kappa shape index (κ3) is 4.07. The summed E-state index contributed by atoms with van der Waals surface area (Å²) in [5.41, 5.74) is 2.13. The maximum Gasteiger partial charge on any atom is 0.261 e. The minimum Gasteiger partial charge on any atom is -0.378 e. The van der Waals surface area contributed by atoms with E-state index in [-0.39, 0.29) is 22.9 Å². The van der Waals surface area contributed by atoms with Crippen LogP contribution >= 0.6 is 0 Å². The number of hydrogen-bond donors (Lipinski definition) is 2. The molecule has 1 amide bonds. The van der Waals surface area contributed by atoms with Gasteiger partial charge in [-0.1, -0.05) is 13.8 Å². The molecule has 0 aliphatic heterocycles. The number of aromatic nitrogens is 3. The molecule has 0 atom stereocenters. The zero-order valence-corrected chi connectivity index (χ0v) is 13.8. The van der Waals surface area contributed by atoms with E-state index in [1.165, 1.54) is 4.90 Å². The van der Waals surface area contributed by atoms with Gasteiger partial charge in [0.2, 0.25) is 0 Å². The third-order valence-corrected chi connectivity index (χ3v) is 3.51. The highest BCUT2D eigenvalue weighted by atomic mass is 16.5. The highest BCUT2D eigenvalue weighted by Gasteiger charge is 2.17. The molecular formula is C16H22N4O3. The molecule has 124 valence electrons. The van der Waals surface area contributed by atoms with Crippen LogP contribution in [0.1, 0.15) is 47.2 Å². The molecule has 2 N–H and O–H groups in total. The molecular weight excluding hydrogens is 296 g/mol. The number of aromatic amines is 2. The lowest BCUT2D eigenvalue weighted by Crippen LogP contribution is -2.31. The first-order chi connectivity index (χ1) is 10.9. The van der Waals surface area contributed by atoms with Gasteiger partial charge < -0.3 is 14.6 Å². The van der Waals surface area contributed by atoms with E-state index < -0.39 is 0 Å². The van der Waals surface area contributed by atoms with Crippen molar-refractivity contribution in [1.29, 1.82) is 0 Å². The number of H-pyrrole nitrogens is 2. The Morgan fingerprint density at radius 3 is 2.74 bits per heavy atom. The minimum atomic E-state index is -0.363. The maximum absolute atomic E-state index is 12.4.